The zero-order valence-corrected chi connectivity index (χ0v) is 12.4. The molecule has 1 aromatic carbocycles. The monoisotopic (exact) mass is 293 g/mol. The van der Waals surface area contributed by atoms with E-state index in [-0.39, 0.29) is 5.78 Å². The van der Waals surface area contributed by atoms with E-state index in [4.69, 9.17) is 9.47 Å². The molecule has 1 saturated heterocycles. The SMILES string of the molecule is COc1ccccc1SCC(=O)/C=C\N1CCOCC1. The van der Waals surface area contributed by atoms with Gasteiger partial charge in [0, 0.05) is 24.2 Å². The van der Waals surface area contributed by atoms with Crippen LogP contribution >= 0.6 is 11.8 Å². The molecule has 0 amide bonds. The molecule has 0 spiro atoms. The minimum Gasteiger partial charge on any atom is -0.496 e. The van der Waals surface area contributed by atoms with Gasteiger partial charge < -0.3 is 14.4 Å². The van der Waals surface area contributed by atoms with Crippen molar-refractivity contribution in [2.75, 3.05) is 39.2 Å². The molecule has 2 rings (SSSR count). The molecule has 108 valence electrons. The number of hydrogen-bond donors (Lipinski definition) is 0. The third-order valence-electron chi connectivity index (χ3n) is 2.96. The first-order chi connectivity index (χ1) is 9.79. The van der Waals surface area contributed by atoms with E-state index in [1.165, 1.54) is 11.8 Å². The van der Waals surface area contributed by atoms with Gasteiger partial charge in [-0.1, -0.05) is 12.1 Å². The Morgan fingerprint density at radius 2 is 2.15 bits per heavy atom. The molecule has 0 radical (unpaired) electrons. The minimum atomic E-state index is 0.104. The number of methoxy groups -OCH3 is 1. The fourth-order valence-corrected chi connectivity index (χ4v) is 2.71. The van der Waals surface area contributed by atoms with Gasteiger partial charge in [-0.2, -0.15) is 0 Å². The lowest BCUT2D eigenvalue weighted by molar-refractivity contribution is -0.112. The summed E-state index contributed by atoms with van der Waals surface area (Å²) in [5.41, 5.74) is 0. The van der Waals surface area contributed by atoms with Gasteiger partial charge in [-0.15, -0.1) is 11.8 Å². The Kier molecular flexibility index (Phi) is 5.95. The molecule has 4 nitrogen and oxygen atoms in total. The van der Waals surface area contributed by atoms with Gasteiger partial charge in [0.15, 0.2) is 5.78 Å². The van der Waals surface area contributed by atoms with Crippen molar-refractivity contribution in [3.8, 4) is 5.75 Å². The van der Waals surface area contributed by atoms with Crippen LogP contribution in [0.3, 0.4) is 0 Å². The van der Waals surface area contributed by atoms with Crippen LogP contribution in [0.25, 0.3) is 0 Å². The van der Waals surface area contributed by atoms with Crippen molar-refractivity contribution in [3.05, 3.63) is 36.5 Å². The summed E-state index contributed by atoms with van der Waals surface area (Å²) in [7, 11) is 1.64. The highest BCUT2D eigenvalue weighted by Crippen LogP contribution is 2.28. The van der Waals surface area contributed by atoms with Crippen molar-refractivity contribution in [2.24, 2.45) is 0 Å². The van der Waals surface area contributed by atoms with E-state index in [1.807, 2.05) is 30.5 Å². The Hall–Kier alpha value is -1.46. The van der Waals surface area contributed by atoms with Gasteiger partial charge in [0.1, 0.15) is 5.75 Å². The summed E-state index contributed by atoms with van der Waals surface area (Å²) in [6.45, 7) is 3.16. The van der Waals surface area contributed by atoms with Crippen LogP contribution in [-0.4, -0.2) is 49.8 Å². The molecule has 0 unspecified atom stereocenters. The maximum Gasteiger partial charge on any atom is 0.167 e. The number of allylic oxidation sites excluding steroid dienone is 1. The topological polar surface area (TPSA) is 38.8 Å². The third-order valence-corrected chi connectivity index (χ3v) is 4.03. The second-order valence-electron chi connectivity index (χ2n) is 4.37. The van der Waals surface area contributed by atoms with Crippen LogP contribution < -0.4 is 4.74 Å². The summed E-state index contributed by atoms with van der Waals surface area (Å²) in [4.78, 5) is 14.9. The molecule has 0 atom stereocenters. The first-order valence-electron chi connectivity index (χ1n) is 6.58. The summed E-state index contributed by atoms with van der Waals surface area (Å²) in [5, 5.41) is 0. The van der Waals surface area contributed by atoms with Gasteiger partial charge in [-0.25, -0.2) is 0 Å². The molecule has 1 aliphatic heterocycles. The third kappa shape index (κ3) is 4.58. The van der Waals surface area contributed by atoms with Crippen LogP contribution in [0.1, 0.15) is 0 Å². The van der Waals surface area contributed by atoms with E-state index < -0.39 is 0 Å². The van der Waals surface area contributed by atoms with Crippen molar-refractivity contribution < 1.29 is 14.3 Å². The molecule has 0 bridgehead atoms. The van der Waals surface area contributed by atoms with Crippen LogP contribution in [0, 0.1) is 0 Å². The largest absolute Gasteiger partial charge is 0.496 e. The second-order valence-corrected chi connectivity index (χ2v) is 5.39. The highest BCUT2D eigenvalue weighted by Gasteiger charge is 2.07. The zero-order valence-electron chi connectivity index (χ0n) is 11.6. The molecule has 0 saturated carbocycles. The van der Waals surface area contributed by atoms with Gasteiger partial charge in [0.05, 0.1) is 26.1 Å². The Bertz CT molecular complexity index is 470. The van der Waals surface area contributed by atoms with Gasteiger partial charge in [0.25, 0.3) is 0 Å². The molecule has 1 heterocycles. The molecule has 20 heavy (non-hydrogen) atoms. The molecule has 0 aromatic heterocycles. The highest BCUT2D eigenvalue weighted by molar-refractivity contribution is 8.00. The summed E-state index contributed by atoms with van der Waals surface area (Å²) in [5.74, 6) is 1.33. The predicted octanol–water partition coefficient (Wildman–Crippen LogP) is 2.20. The van der Waals surface area contributed by atoms with Crippen LogP contribution in [-0.2, 0) is 9.53 Å². The Balaban J connectivity index is 1.81. The van der Waals surface area contributed by atoms with Gasteiger partial charge >= 0.3 is 0 Å². The number of ketones is 1. The summed E-state index contributed by atoms with van der Waals surface area (Å²) < 4.78 is 10.5. The van der Waals surface area contributed by atoms with Gasteiger partial charge in [-0.3, -0.25) is 4.79 Å². The number of thioether (sulfide) groups is 1. The quantitative estimate of drug-likeness (QED) is 0.594. The van der Waals surface area contributed by atoms with Crippen LogP contribution in [0.4, 0.5) is 0 Å². The number of para-hydroxylation sites is 1. The number of carbonyl (C=O) groups excluding carboxylic acids is 1. The normalized spacial score (nSPS) is 15.6. The highest BCUT2D eigenvalue weighted by atomic mass is 32.2. The Morgan fingerprint density at radius 3 is 2.90 bits per heavy atom. The van der Waals surface area contributed by atoms with Crippen LogP contribution in [0.2, 0.25) is 0 Å². The predicted molar refractivity (Wildman–Crippen MR) is 80.3 cm³/mol. The maximum absolute atomic E-state index is 11.9. The lowest BCUT2D eigenvalue weighted by atomic mass is 10.3. The van der Waals surface area contributed by atoms with Crippen molar-refractivity contribution >= 4 is 17.5 Å². The lowest BCUT2D eigenvalue weighted by Crippen LogP contribution is -2.32. The molecule has 1 aliphatic rings. The zero-order chi connectivity index (χ0) is 14.2. The number of benzene rings is 1. The molecule has 5 heteroatoms. The molecule has 0 aliphatic carbocycles. The molecule has 1 fully saturated rings. The smallest absolute Gasteiger partial charge is 0.167 e. The number of rotatable bonds is 6. The van der Waals surface area contributed by atoms with Crippen LogP contribution in [0.15, 0.2) is 41.4 Å². The van der Waals surface area contributed by atoms with E-state index >= 15 is 0 Å². The number of ether oxygens (including phenoxy) is 2. The van der Waals surface area contributed by atoms with Gasteiger partial charge in [0.2, 0.25) is 0 Å². The maximum atomic E-state index is 11.9. The summed E-state index contributed by atoms with van der Waals surface area (Å²) >= 11 is 1.50. The van der Waals surface area contributed by atoms with E-state index in [1.54, 1.807) is 13.2 Å². The fourth-order valence-electron chi connectivity index (χ4n) is 1.85. The fraction of sp³-hybridized carbons (Fsp3) is 0.400. The van der Waals surface area contributed by atoms with Crippen molar-refractivity contribution in [1.29, 1.82) is 0 Å². The first-order valence-corrected chi connectivity index (χ1v) is 7.57. The Labute approximate surface area is 123 Å². The lowest BCUT2D eigenvalue weighted by Gasteiger charge is -2.24. The number of nitrogens with zero attached hydrogens (tertiary/aromatic N) is 1. The van der Waals surface area contributed by atoms with Crippen molar-refractivity contribution in [3.63, 3.8) is 0 Å². The van der Waals surface area contributed by atoms with Crippen molar-refractivity contribution in [1.82, 2.24) is 4.90 Å². The van der Waals surface area contributed by atoms with E-state index in [2.05, 4.69) is 4.90 Å². The van der Waals surface area contributed by atoms with E-state index in [0.717, 1.165) is 36.9 Å². The number of carbonyl (C=O) groups is 1. The molecular formula is C15H19NO3S. The molecular weight excluding hydrogens is 274 g/mol. The van der Waals surface area contributed by atoms with E-state index in [0.29, 0.717) is 5.75 Å². The molecule has 1 aromatic rings. The minimum absolute atomic E-state index is 0.104. The van der Waals surface area contributed by atoms with Crippen molar-refractivity contribution in [2.45, 2.75) is 4.90 Å². The molecule has 0 N–H and O–H groups in total. The first kappa shape index (κ1) is 14.9. The standard InChI is InChI=1S/C15H19NO3S/c1-18-14-4-2-3-5-15(14)20-12-13(17)6-7-16-8-10-19-11-9-16/h2-7H,8-12H2,1H3/b7-6-. The summed E-state index contributed by atoms with van der Waals surface area (Å²) in [6, 6.07) is 7.72. The second kappa shape index (κ2) is 7.97. The average Bonchev–Trinajstić information content (AvgIpc) is 2.52. The Morgan fingerprint density at radius 1 is 1.40 bits per heavy atom. The number of hydrogen-bond acceptors (Lipinski definition) is 5. The number of morpholine rings is 1. The van der Waals surface area contributed by atoms with E-state index in [9.17, 15) is 4.79 Å². The average molecular weight is 293 g/mol. The summed E-state index contributed by atoms with van der Waals surface area (Å²) in [6.07, 6.45) is 3.52. The van der Waals surface area contributed by atoms with Crippen LogP contribution in [0.5, 0.6) is 5.75 Å². The van der Waals surface area contributed by atoms with Gasteiger partial charge in [-0.05, 0) is 18.2 Å².